The first-order valence-electron chi connectivity index (χ1n) is 4.98. The molecule has 1 heterocycles. The van der Waals surface area contributed by atoms with E-state index in [4.69, 9.17) is 5.11 Å². The number of aromatic nitrogens is 1. The first-order chi connectivity index (χ1) is 7.68. The second-order valence-electron chi connectivity index (χ2n) is 3.58. The zero-order chi connectivity index (χ0) is 11.5. The van der Waals surface area contributed by atoms with Gasteiger partial charge in [0.1, 0.15) is 12.4 Å². The van der Waals surface area contributed by atoms with Crippen LogP contribution in [0.15, 0.2) is 30.5 Å². The van der Waals surface area contributed by atoms with Crippen molar-refractivity contribution >= 4 is 22.6 Å². The lowest BCUT2D eigenvalue weighted by atomic mass is 10.1. The number of carbonyl (C=O) groups is 1. The van der Waals surface area contributed by atoms with E-state index in [0.29, 0.717) is 5.82 Å². The van der Waals surface area contributed by atoms with Crippen LogP contribution in [0, 0.1) is 6.92 Å². The molecule has 16 heavy (non-hydrogen) atoms. The molecule has 2 N–H and O–H groups in total. The number of pyridine rings is 1. The van der Waals surface area contributed by atoms with Gasteiger partial charge in [0, 0.05) is 11.6 Å². The maximum atomic E-state index is 10.5. The molecule has 0 spiro atoms. The number of aliphatic carboxylic acids is 1. The highest BCUT2D eigenvalue weighted by molar-refractivity contribution is 5.94. The van der Waals surface area contributed by atoms with Crippen molar-refractivity contribution in [2.45, 2.75) is 6.92 Å². The number of nitrogens with zero attached hydrogens (tertiary/aromatic N) is 1. The Balaban J connectivity index is 2.45. The lowest BCUT2D eigenvalue weighted by Crippen LogP contribution is -2.13. The molecule has 4 heteroatoms. The smallest absolute Gasteiger partial charge is 0.322 e. The third-order valence-corrected chi connectivity index (χ3v) is 2.43. The number of rotatable bonds is 3. The average Bonchev–Trinajstić information content (AvgIpc) is 2.27. The number of hydrogen-bond acceptors (Lipinski definition) is 3. The van der Waals surface area contributed by atoms with E-state index in [1.54, 1.807) is 6.20 Å². The Kier molecular flexibility index (Phi) is 2.72. The molecule has 1 aromatic heterocycles. The first-order valence-corrected chi connectivity index (χ1v) is 4.98. The number of hydrogen-bond donors (Lipinski definition) is 2. The van der Waals surface area contributed by atoms with Gasteiger partial charge in [-0.2, -0.15) is 0 Å². The minimum atomic E-state index is -0.897. The van der Waals surface area contributed by atoms with E-state index < -0.39 is 5.97 Å². The SMILES string of the molecule is Cc1cccc2c(NCC(=O)O)nccc12. The molecular formula is C12H12N2O2. The maximum absolute atomic E-state index is 10.5. The van der Waals surface area contributed by atoms with E-state index in [2.05, 4.69) is 10.3 Å². The number of aryl methyl sites for hydroxylation is 1. The number of carboxylic acids is 1. The van der Waals surface area contributed by atoms with Crippen LogP contribution in [0.2, 0.25) is 0 Å². The normalized spacial score (nSPS) is 10.3. The van der Waals surface area contributed by atoms with Crippen molar-refractivity contribution < 1.29 is 9.90 Å². The van der Waals surface area contributed by atoms with Gasteiger partial charge in [0.2, 0.25) is 0 Å². The second kappa shape index (κ2) is 4.18. The van der Waals surface area contributed by atoms with Crippen LogP contribution in [-0.4, -0.2) is 22.6 Å². The van der Waals surface area contributed by atoms with Gasteiger partial charge in [0.15, 0.2) is 0 Å². The lowest BCUT2D eigenvalue weighted by molar-refractivity contribution is -0.134. The van der Waals surface area contributed by atoms with Crippen LogP contribution in [0.5, 0.6) is 0 Å². The summed E-state index contributed by atoms with van der Waals surface area (Å²) in [6, 6.07) is 7.81. The molecule has 0 aliphatic rings. The zero-order valence-corrected chi connectivity index (χ0v) is 8.90. The molecule has 0 aliphatic heterocycles. The summed E-state index contributed by atoms with van der Waals surface area (Å²) >= 11 is 0. The fourth-order valence-corrected chi connectivity index (χ4v) is 1.66. The Bertz CT molecular complexity index is 538. The number of fused-ring (bicyclic) bond motifs is 1. The maximum Gasteiger partial charge on any atom is 0.322 e. The molecule has 0 amide bonds. The average molecular weight is 216 g/mol. The summed E-state index contributed by atoms with van der Waals surface area (Å²) in [4.78, 5) is 14.6. The number of benzene rings is 1. The molecule has 0 aliphatic carbocycles. The molecule has 0 atom stereocenters. The highest BCUT2D eigenvalue weighted by Crippen LogP contribution is 2.23. The molecule has 0 radical (unpaired) electrons. The second-order valence-corrected chi connectivity index (χ2v) is 3.58. The Morgan fingerprint density at radius 3 is 2.94 bits per heavy atom. The lowest BCUT2D eigenvalue weighted by Gasteiger charge is -2.07. The van der Waals surface area contributed by atoms with E-state index >= 15 is 0 Å². The summed E-state index contributed by atoms with van der Waals surface area (Å²) in [6.45, 7) is 1.89. The molecule has 1 aromatic carbocycles. The van der Waals surface area contributed by atoms with Crippen molar-refractivity contribution in [1.82, 2.24) is 4.98 Å². The summed E-state index contributed by atoms with van der Waals surface area (Å²) < 4.78 is 0. The summed E-state index contributed by atoms with van der Waals surface area (Å²) in [5.41, 5.74) is 1.15. The van der Waals surface area contributed by atoms with E-state index in [1.807, 2.05) is 31.2 Å². The van der Waals surface area contributed by atoms with Crippen LogP contribution in [0.1, 0.15) is 5.56 Å². The zero-order valence-electron chi connectivity index (χ0n) is 8.90. The fraction of sp³-hybridized carbons (Fsp3) is 0.167. The predicted molar refractivity (Wildman–Crippen MR) is 62.6 cm³/mol. The van der Waals surface area contributed by atoms with Gasteiger partial charge in [-0.3, -0.25) is 4.79 Å². The fourth-order valence-electron chi connectivity index (χ4n) is 1.66. The summed E-state index contributed by atoms with van der Waals surface area (Å²) in [6.07, 6.45) is 1.68. The highest BCUT2D eigenvalue weighted by atomic mass is 16.4. The molecule has 0 fully saturated rings. The van der Waals surface area contributed by atoms with Gasteiger partial charge in [-0.1, -0.05) is 18.2 Å². The summed E-state index contributed by atoms with van der Waals surface area (Å²) in [5.74, 6) is -0.282. The predicted octanol–water partition coefficient (Wildman–Crippen LogP) is 2.04. The summed E-state index contributed by atoms with van der Waals surface area (Å²) in [7, 11) is 0. The molecule has 4 nitrogen and oxygen atoms in total. The van der Waals surface area contributed by atoms with Crippen LogP contribution in [0.4, 0.5) is 5.82 Å². The van der Waals surface area contributed by atoms with Crippen molar-refractivity contribution in [2.75, 3.05) is 11.9 Å². The molecule has 2 aromatic rings. The minimum Gasteiger partial charge on any atom is -0.480 e. The first kappa shape index (κ1) is 10.4. The molecule has 0 bridgehead atoms. The minimum absolute atomic E-state index is 0.125. The monoisotopic (exact) mass is 216 g/mol. The third-order valence-electron chi connectivity index (χ3n) is 2.43. The van der Waals surface area contributed by atoms with Crippen LogP contribution in [0.25, 0.3) is 10.8 Å². The van der Waals surface area contributed by atoms with Gasteiger partial charge < -0.3 is 10.4 Å². The highest BCUT2D eigenvalue weighted by Gasteiger charge is 2.04. The van der Waals surface area contributed by atoms with Crippen LogP contribution >= 0.6 is 0 Å². The largest absolute Gasteiger partial charge is 0.480 e. The van der Waals surface area contributed by atoms with E-state index in [9.17, 15) is 4.79 Å². The molecule has 0 unspecified atom stereocenters. The van der Waals surface area contributed by atoms with Gasteiger partial charge in [-0.25, -0.2) is 4.98 Å². The number of anilines is 1. The molecule has 0 saturated heterocycles. The van der Waals surface area contributed by atoms with Crippen molar-refractivity contribution in [3.05, 3.63) is 36.0 Å². The molecule has 2 rings (SSSR count). The Morgan fingerprint density at radius 2 is 2.19 bits per heavy atom. The number of nitrogens with one attached hydrogen (secondary N) is 1. The Labute approximate surface area is 92.9 Å². The standard InChI is InChI=1S/C12H12N2O2/c1-8-3-2-4-10-9(8)5-6-13-12(10)14-7-11(15)16/h2-6H,7H2,1H3,(H,13,14)(H,15,16). The van der Waals surface area contributed by atoms with Crippen molar-refractivity contribution in [1.29, 1.82) is 0 Å². The van der Waals surface area contributed by atoms with Gasteiger partial charge in [0.05, 0.1) is 0 Å². The van der Waals surface area contributed by atoms with Crippen molar-refractivity contribution in [2.24, 2.45) is 0 Å². The molecular weight excluding hydrogens is 204 g/mol. The van der Waals surface area contributed by atoms with Crippen LogP contribution in [-0.2, 0) is 4.79 Å². The van der Waals surface area contributed by atoms with Gasteiger partial charge >= 0.3 is 5.97 Å². The Morgan fingerprint density at radius 1 is 1.38 bits per heavy atom. The van der Waals surface area contributed by atoms with E-state index in [0.717, 1.165) is 16.3 Å². The third kappa shape index (κ3) is 1.95. The topological polar surface area (TPSA) is 62.2 Å². The van der Waals surface area contributed by atoms with Crippen LogP contribution in [0.3, 0.4) is 0 Å². The molecule has 0 saturated carbocycles. The Hall–Kier alpha value is -2.10. The van der Waals surface area contributed by atoms with E-state index in [-0.39, 0.29) is 6.54 Å². The van der Waals surface area contributed by atoms with Gasteiger partial charge in [-0.15, -0.1) is 0 Å². The number of carboxylic acid groups (broad SMARTS) is 1. The van der Waals surface area contributed by atoms with Gasteiger partial charge in [-0.05, 0) is 23.9 Å². The van der Waals surface area contributed by atoms with Crippen molar-refractivity contribution in [3.8, 4) is 0 Å². The van der Waals surface area contributed by atoms with Crippen molar-refractivity contribution in [3.63, 3.8) is 0 Å². The summed E-state index contributed by atoms with van der Waals surface area (Å²) in [5, 5.41) is 13.5. The van der Waals surface area contributed by atoms with Gasteiger partial charge in [0.25, 0.3) is 0 Å². The van der Waals surface area contributed by atoms with Crippen LogP contribution < -0.4 is 5.32 Å². The molecule has 82 valence electrons. The quantitative estimate of drug-likeness (QED) is 0.824. The van der Waals surface area contributed by atoms with E-state index in [1.165, 1.54) is 0 Å².